The number of hydrogen-bond donors (Lipinski definition) is 1. The topological polar surface area (TPSA) is 114 Å². The van der Waals surface area contributed by atoms with Crippen molar-refractivity contribution < 1.29 is 33.4 Å². The maximum absolute atomic E-state index is 12.9. The second kappa shape index (κ2) is 11.0. The van der Waals surface area contributed by atoms with E-state index in [0.29, 0.717) is 39.1 Å². The number of esters is 1. The largest absolute Gasteiger partial charge is 0.494 e. The van der Waals surface area contributed by atoms with Crippen LogP contribution in [0.2, 0.25) is 0 Å². The number of hydrogen-bond acceptors (Lipinski definition) is 7. The maximum atomic E-state index is 12.9. The molecule has 1 unspecified atom stereocenters. The van der Waals surface area contributed by atoms with Crippen molar-refractivity contribution in [3.63, 3.8) is 0 Å². The van der Waals surface area contributed by atoms with E-state index in [2.05, 4.69) is 5.32 Å². The minimum absolute atomic E-state index is 0.211. The van der Waals surface area contributed by atoms with Gasteiger partial charge in [0.05, 0.1) is 20.3 Å². The number of benzene rings is 1. The lowest BCUT2D eigenvalue weighted by Crippen LogP contribution is -2.60. The lowest BCUT2D eigenvalue weighted by molar-refractivity contribution is -0.150. The first-order chi connectivity index (χ1) is 16.5. The Bertz CT molecular complexity index is 923. The Morgan fingerprint density at radius 1 is 1.09 bits per heavy atom. The summed E-state index contributed by atoms with van der Waals surface area (Å²) < 4.78 is 15.9. The van der Waals surface area contributed by atoms with E-state index in [-0.39, 0.29) is 30.2 Å². The number of carbonyl (C=O) groups is 4. The molecule has 2 saturated heterocycles. The summed E-state index contributed by atoms with van der Waals surface area (Å²) in [5.41, 5.74) is -0.984. The third kappa shape index (κ3) is 7.10. The Kier molecular flexibility index (Phi) is 8.24. The first kappa shape index (κ1) is 26.3. The number of para-hydroxylation sites is 1. The molecule has 0 aromatic heterocycles. The smallest absolute Gasteiger partial charge is 0.410 e. The standard InChI is InChI=1S/C25H35N3O7/c1-24(2,3)35-23(32)27-15-25(16-27)13-19(22(31)33-4)28(17-25)21(30)14-26-20(29)11-8-12-34-18-9-6-5-7-10-18/h5-7,9-10,19H,8,11-17H2,1-4H3,(H,26,29). The van der Waals surface area contributed by atoms with Crippen LogP contribution in [0.5, 0.6) is 5.75 Å². The first-order valence-electron chi connectivity index (χ1n) is 11.8. The molecule has 2 heterocycles. The third-order valence-corrected chi connectivity index (χ3v) is 6.00. The quantitative estimate of drug-likeness (QED) is 0.439. The van der Waals surface area contributed by atoms with Crippen molar-refractivity contribution in [2.75, 3.05) is 39.9 Å². The zero-order valence-electron chi connectivity index (χ0n) is 20.9. The van der Waals surface area contributed by atoms with E-state index in [4.69, 9.17) is 14.2 Å². The molecule has 3 amide bonds. The molecule has 0 radical (unpaired) electrons. The molecule has 10 nitrogen and oxygen atoms in total. The average Bonchev–Trinajstić information content (AvgIpc) is 3.20. The van der Waals surface area contributed by atoms with Gasteiger partial charge in [0.15, 0.2) is 0 Å². The Morgan fingerprint density at radius 2 is 1.77 bits per heavy atom. The van der Waals surface area contributed by atoms with Crippen LogP contribution in [0, 0.1) is 5.41 Å². The van der Waals surface area contributed by atoms with Crippen LogP contribution in [0.3, 0.4) is 0 Å². The second-order valence-corrected chi connectivity index (χ2v) is 10.1. The summed E-state index contributed by atoms with van der Waals surface area (Å²) in [5, 5.41) is 2.63. The Morgan fingerprint density at radius 3 is 2.40 bits per heavy atom. The van der Waals surface area contributed by atoms with Crippen LogP contribution in [-0.4, -0.2) is 85.2 Å². The molecule has 2 aliphatic rings. The van der Waals surface area contributed by atoms with Crippen LogP contribution in [0.4, 0.5) is 4.79 Å². The summed E-state index contributed by atoms with van der Waals surface area (Å²) in [6.45, 7) is 6.68. The molecule has 10 heteroatoms. The zero-order chi connectivity index (χ0) is 25.6. The molecule has 3 rings (SSSR count). The molecule has 192 valence electrons. The fourth-order valence-electron chi connectivity index (χ4n) is 4.42. The van der Waals surface area contributed by atoms with E-state index in [1.807, 2.05) is 30.3 Å². The monoisotopic (exact) mass is 489 g/mol. The van der Waals surface area contributed by atoms with Gasteiger partial charge in [-0.1, -0.05) is 18.2 Å². The van der Waals surface area contributed by atoms with Gasteiger partial charge in [-0.3, -0.25) is 9.59 Å². The highest BCUT2D eigenvalue weighted by molar-refractivity contribution is 5.89. The fraction of sp³-hybridized carbons (Fsp3) is 0.600. The van der Waals surface area contributed by atoms with Crippen LogP contribution in [0.15, 0.2) is 30.3 Å². The van der Waals surface area contributed by atoms with Crippen molar-refractivity contribution in [3.05, 3.63) is 30.3 Å². The molecular weight excluding hydrogens is 454 g/mol. The lowest BCUT2D eigenvalue weighted by Gasteiger charge is -2.47. The summed E-state index contributed by atoms with van der Waals surface area (Å²) >= 11 is 0. The van der Waals surface area contributed by atoms with Gasteiger partial charge in [0.25, 0.3) is 0 Å². The summed E-state index contributed by atoms with van der Waals surface area (Å²) in [6, 6.07) is 8.57. The minimum Gasteiger partial charge on any atom is -0.494 e. The van der Waals surface area contributed by atoms with Crippen molar-refractivity contribution in [1.82, 2.24) is 15.1 Å². The number of nitrogens with zero attached hydrogens (tertiary/aromatic N) is 2. The first-order valence-corrected chi connectivity index (χ1v) is 11.8. The number of rotatable bonds is 8. The van der Waals surface area contributed by atoms with Gasteiger partial charge in [-0.05, 0) is 45.7 Å². The van der Waals surface area contributed by atoms with Crippen molar-refractivity contribution >= 4 is 23.9 Å². The molecular formula is C25H35N3O7. The van der Waals surface area contributed by atoms with Gasteiger partial charge in [0, 0.05) is 31.5 Å². The Labute approximate surface area is 205 Å². The number of likely N-dealkylation sites (tertiary alicyclic amines) is 2. The Balaban J connectivity index is 1.46. The average molecular weight is 490 g/mol. The predicted molar refractivity (Wildman–Crippen MR) is 127 cm³/mol. The number of amides is 3. The van der Waals surface area contributed by atoms with Crippen molar-refractivity contribution in [2.24, 2.45) is 5.41 Å². The van der Waals surface area contributed by atoms with Gasteiger partial charge in [-0.2, -0.15) is 0 Å². The molecule has 0 aliphatic carbocycles. The van der Waals surface area contributed by atoms with E-state index in [9.17, 15) is 19.2 Å². The van der Waals surface area contributed by atoms with E-state index in [1.165, 1.54) is 12.0 Å². The van der Waals surface area contributed by atoms with Gasteiger partial charge >= 0.3 is 12.1 Å². The predicted octanol–water partition coefficient (Wildman–Crippen LogP) is 1.97. The lowest BCUT2D eigenvalue weighted by atomic mass is 9.78. The number of methoxy groups -OCH3 is 1. The highest BCUT2D eigenvalue weighted by atomic mass is 16.6. The van der Waals surface area contributed by atoms with E-state index < -0.39 is 23.7 Å². The summed E-state index contributed by atoms with van der Waals surface area (Å²) in [4.78, 5) is 52.8. The molecule has 2 fully saturated rings. The molecule has 0 bridgehead atoms. The summed E-state index contributed by atoms with van der Waals surface area (Å²) in [6.07, 6.45) is 0.712. The van der Waals surface area contributed by atoms with Gasteiger partial charge in [-0.25, -0.2) is 9.59 Å². The van der Waals surface area contributed by atoms with Crippen LogP contribution in [-0.2, 0) is 23.9 Å². The van der Waals surface area contributed by atoms with Crippen LogP contribution < -0.4 is 10.1 Å². The summed E-state index contributed by atoms with van der Waals surface area (Å²) in [5.74, 6) is -0.392. The highest BCUT2D eigenvalue weighted by Crippen LogP contribution is 2.43. The Hall–Kier alpha value is -3.30. The molecule has 1 N–H and O–H groups in total. The van der Waals surface area contributed by atoms with Crippen molar-refractivity contribution in [1.29, 1.82) is 0 Å². The third-order valence-electron chi connectivity index (χ3n) is 6.00. The zero-order valence-corrected chi connectivity index (χ0v) is 20.9. The molecule has 1 spiro atoms. The van der Waals surface area contributed by atoms with Crippen LogP contribution in [0.1, 0.15) is 40.0 Å². The SMILES string of the molecule is COC(=O)C1CC2(CN(C(=O)OC(C)(C)C)C2)CN1C(=O)CNC(=O)CCCOc1ccccc1. The van der Waals surface area contributed by atoms with Crippen LogP contribution in [0.25, 0.3) is 0 Å². The number of ether oxygens (including phenoxy) is 3. The van der Waals surface area contributed by atoms with Crippen molar-refractivity contribution in [2.45, 2.75) is 51.7 Å². The van der Waals surface area contributed by atoms with E-state index >= 15 is 0 Å². The molecule has 2 aliphatic heterocycles. The maximum Gasteiger partial charge on any atom is 0.410 e. The fourth-order valence-corrected chi connectivity index (χ4v) is 4.42. The van der Waals surface area contributed by atoms with Crippen molar-refractivity contribution in [3.8, 4) is 5.75 Å². The van der Waals surface area contributed by atoms with Gasteiger partial charge in [-0.15, -0.1) is 0 Å². The normalized spacial score (nSPS) is 18.6. The van der Waals surface area contributed by atoms with Gasteiger partial charge < -0.3 is 29.3 Å². The second-order valence-electron chi connectivity index (χ2n) is 10.1. The molecule has 1 aromatic carbocycles. The number of carbonyl (C=O) groups excluding carboxylic acids is 4. The van der Waals surface area contributed by atoms with E-state index in [1.54, 1.807) is 25.7 Å². The molecule has 1 aromatic rings. The molecule has 35 heavy (non-hydrogen) atoms. The number of nitrogens with one attached hydrogen (secondary N) is 1. The van der Waals surface area contributed by atoms with E-state index in [0.717, 1.165) is 5.75 Å². The minimum atomic E-state index is -0.746. The summed E-state index contributed by atoms with van der Waals surface area (Å²) in [7, 11) is 1.28. The molecule has 1 atom stereocenters. The van der Waals surface area contributed by atoms with Gasteiger partial charge in [0.1, 0.15) is 17.4 Å². The highest BCUT2D eigenvalue weighted by Gasteiger charge is 2.56. The van der Waals surface area contributed by atoms with Crippen LogP contribution >= 0.6 is 0 Å². The molecule has 0 saturated carbocycles. The van der Waals surface area contributed by atoms with Gasteiger partial charge in [0.2, 0.25) is 11.8 Å².